The number of aromatic nitrogens is 1. The van der Waals surface area contributed by atoms with Gasteiger partial charge in [0.15, 0.2) is 5.78 Å². The second-order valence-electron chi connectivity index (χ2n) is 6.31. The van der Waals surface area contributed by atoms with E-state index < -0.39 is 28.7 Å². The van der Waals surface area contributed by atoms with Crippen molar-refractivity contribution >= 4 is 33.7 Å². The molecule has 0 amide bonds. The van der Waals surface area contributed by atoms with Crippen molar-refractivity contribution in [2.45, 2.75) is 4.90 Å². The number of rotatable bonds is 4. The topological polar surface area (TPSA) is 99.4 Å². The van der Waals surface area contributed by atoms with Crippen LogP contribution in [0.15, 0.2) is 83.8 Å². The Hall–Kier alpha value is -3.55. The molecule has 3 aromatic carbocycles. The summed E-state index contributed by atoms with van der Waals surface area (Å²) >= 11 is -2.53. The molecule has 0 aliphatic rings. The molecule has 144 valence electrons. The second kappa shape index (κ2) is 7.46. The van der Waals surface area contributed by atoms with Crippen LogP contribution >= 0.6 is 0 Å². The molecule has 1 atom stereocenters. The molecule has 29 heavy (non-hydrogen) atoms. The van der Waals surface area contributed by atoms with Gasteiger partial charge in [0.2, 0.25) is 5.88 Å². The molecule has 6 nitrogen and oxygen atoms in total. The van der Waals surface area contributed by atoms with Crippen LogP contribution in [-0.4, -0.2) is 30.1 Å². The predicted molar refractivity (Wildman–Crippen MR) is 107 cm³/mol. The van der Waals surface area contributed by atoms with Gasteiger partial charge in [-0.2, -0.15) is 0 Å². The molecule has 1 aromatic heterocycles. The van der Waals surface area contributed by atoms with Gasteiger partial charge in [0, 0.05) is 21.4 Å². The molecule has 0 radical (unpaired) electrons. The normalized spacial score (nSPS) is 12.0. The number of hydrogen-bond donors (Lipinski definition) is 1. The van der Waals surface area contributed by atoms with Gasteiger partial charge in [-0.15, -0.1) is 0 Å². The van der Waals surface area contributed by atoms with Crippen molar-refractivity contribution < 1.29 is 23.5 Å². The minimum Gasteiger partial charge on any atom is -0.768 e. The van der Waals surface area contributed by atoms with Gasteiger partial charge in [-0.25, -0.2) is 4.57 Å². The monoisotopic (exact) mass is 404 g/mol. The zero-order chi connectivity index (χ0) is 20.5. The highest BCUT2D eigenvalue weighted by Gasteiger charge is 2.27. The lowest BCUT2D eigenvalue weighted by Gasteiger charge is -2.07. The molecule has 1 heterocycles. The molecule has 0 bridgehead atoms. The molecule has 1 unspecified atom stereocenters. The van der Waals surface area contributed by atoms with E-state index in [0.717, 1.165) is 4.57 Å². The molecule has 4 rings (SSSR count). The third kappa shape index (κ3) is 3.26. The van der Waals surface area contributed by atoms with Gasteiger partial charge in [0.05, 0.1) is 11.1 Å². The molecule has 7 heteroatoms. The Morgan fingerprint density at radius 1 is 0.862 bits per heavy atom. The maximum absolute atomic E-state index is 13.1. The number of fused-ring (bicyclic) bond motifs is 1. The van der Waals surface area contributed by atoms with Crippen LogP contribution in [0.5, 0.6) is 5.88 Å². The van der Waals surface area contributed by atoms with Gasteiger partial charge in [-0.3, -0.25) is 13.8 Å². The first-order valence-corrected chi connectivity index (χ1v) is 9.72. The summed E-state index contributed by atoms with van der Waals surface area (Å²) in [6.07, 6.45) is 0. The summed E-state index contributed by atoms with van der Waals surface area (Å²) in [6.45, 7) is 0. The van der Waals surface area contributed by atoms with E-state index in [-0.39, 0.29) is 21.4 Å². The summed E-state index contributed by atoms with van der Waals surface area (Å²) < 4.78 is 23.9. The third-order valence-electron chi connectivity index (χ3n) is 4.59. The number of ketones is 1. The van der Waals surface area contributed by atoms with Crippen LogP contribution in [0.25, 0.3) is 10.9 Å². The minimum absolute atomic E-state index is 0.0519. The molecule has 0 aliphatic carbocycles. The Kier molecular flexibility index (Phi) is 4.84. The smallest absolute Gasteiger partial charge is 0.265 e. The summed E-state index contributed by atoms with van der Waals surface area (Å²) in [7, 11) is 0. The van der Waals surface area contributed by atoms with Gasteiger partial charge >= 0.3 is 0 Å². The number of carbonyl (C=O) groups excluding carboxylic acids is 2. The molecule has 0 fully saturated rings. The first kappa shape index (κ1) is 18.8. The Bertz CT molecular complexity index is 1260. The summed E-state index contributed by atoms with van der Waals surface area (Å²) in [6, 6.07) is 20.6. The zero-order valence-corrected chi connectivity index (χ0v) is 15.8. The van der Waals surface area contributed by atoms with E-state index in [1.165, 1.54) is 18.2 Å². The van der Waals surface area contributed by atoms with Crippen LogP contribution in [0, 0.1) is 0 Å². The quantitative estimate of drug-likeness (QED) is 0.414. The number of carbonyl (C=O) groups is 2. The van der Waals surface area contributed by atoms with Gasteiger partial charge in [0.1, 0.15) is 0 Å². The first-order chi connectivity index (χ1) is 14.0. The molecule has 4 aromatic rings. The third-order valence-corrected chi connectivity index (χ3v) is 5.23. The van der Waals surface area contributed by atoms with Crippen LogP contribution in [0.2, 0.25) is 0 Å². The van der Waals surface area contributed by atoms with Gasteiger partial charge in [-0.1, -0.05) is 48.5 Å². The van der Waals surface area contributed by atoms with Crippen LogP contribution < -0.4 is 0 Å². The van der Waals surface area contributed by atoms with E-state index in [9.17, 15) is 23.5 Å². The molecule has 0 saturated heterocycles. The van der Waals surface area contributed by atoms with Crippen molar-refractivity contribution in [1.29, 1.82) is 0 Å². The second-order valence-corrected chi connectivity index (χ2v) is 7.25. The van der Waals surface area contributed by atoms with Gasteiger partial charge in [0.25, 0.3) is 5.91 Å². The fourth-order valence-corrected chi connectivity index (χ4v) is 3.63. The number of benzene rings is 3. The Balaban J connectivity index is 2.00. The summed E-state index contributed by atoms with van der Waals surface area (Å²) in [5.41, 5.74) is 0.741. The fourth-order valence-electron chi connectivity index (χ4n) is 3.23. The van der Waals surface area contributed by atoms with Gasteiger partial charge < -0.3 is 9.66 Å². The van der Waals surface area contributed by atoms with Crippen LogP contribution in [0.1, 0.15) is 26.3 Å². The van der Waals surface area contributed by atoms with E-state index in [1.807, 2.05) is 0 Å². The van der Waals surface area contributed by atoms with E-state index in [0.29, 0.717) is 11.1 Å². The highest BCUT2D eigenvalue weighted by atomic mass is 32.2. The Morgan fingerprint density at radius 2 is 1.45 bits per heavy atom. The molecular weight excluding hydrogens is 390 g/mol. The van der Waals surface area contributed by atoms with E-state index in [2.05, 4.69) is 0 Å². The summed E-state index contributed by atoms with van der Waals surface area (Å²) in [5.74, 6) is -1.57. The Labute approximate surface area is 168 Å². The van der Waals surface area contributed by atoms with Crippen molar-refractivity contribution in [2.75, 3.05) is 0 Å². The highest BCUT2D eigenvalue weighted by molar-refractivity contribution is 7.79. The van der Waals surface area contributed by atoms with E-state index in [1.54, 1.807) is 60.7 Å². The van der Waals surface area contributed by atoms with Crippen molar-refractivity contribution in [3.8, 4) is 5.88 Å². The van der Waals surface area contributed by atoms with Crippen LogP contribution in [0.4, 0.5) is 0 Å². The standard InChI is InChI=1S/C22H15NO5S/c24-20(14-7-3-1-4-8-14)19-17-13-16(29(27)28)11-12-18(17)23(22(19)26)21(25)15-9-5-2-6-10-15/h1-13,26H,(H,27,28)/p-1. The van der Waals surface area contributed by atoms with Crippen molar-refractivity contribution in [3.05, 3.63) is 95.6 Å². The summed E-state index contributed by atoms with van der Waals surface area (Å²) in [5, 5.41) is 11.1. The largest absolute Gasteiger partial charge is 0.768 e. The van der Waals surface area contributed by atoms with Gasteiger partial charge in [-0.05, 0) is 41.4 Å². The Morgan fingerprint density at radius 3 is 2.03 bits per heavy atom. The fraction of sp³-hybridized carbons (Fsp3) is 0. The average Bonchev–Trinajstić information content (AvgIpc) is 3.04. The number of aromatic hydroxyl groups is 1. The van der Waals surface area contributed by atoms with Crippen molar-refractivity contribution in [3.63, 3.8) is 0 Å². The van der Waals surface area contributed by atoms with E-state index >= 15 is 0 Å². The van der Waals surface area contributed by atoms with Crippen molar-refractivity contribution in [1.82, 2.24) is 4.57 Å². The van der Waals surface area contributed by atoms with E-state index in [4.69, 9.17) is 0 Å². The maximum Gasteiger partial charge on any atom is 0.265 e. The number of hydrogen-bond acceptors (Lipinski definition) is 5. The van der Waals surface area contributed by atoms with Crippen LogP contribution in [-0.2, 0) is 11.1 Å². The molecule has 1 N–H and O–H groups in total. The lowest BCUT2D eigenvalue weighted by atomic mass is 10.0. The SMILES string of the molecule is O=C(c1ccccc1)c1c(O)n(C(=O)c2ccccc2)c2ccc(S(=O)[O-])cc12. The minimum atomic E-state index is -2.53. The molecule has 0 spiro atoms. The molecule has 0 aliphatic heterocycles. The molecular formula is C22H14NO5S-. The highest BCUT2D eigenvalue weighted by Crippen LogP contribution is 2.35. The lowest BCUT2D eigenvalue weighted by Crippen LogP contribution is -2.11. The average molecular weight is 404 g/mol. The summed E-state index contributed by atoms with van der Waals surface area (Å²) in [4.78, 5) is 26.1. The van der Waals surface area contributed by atoms with Crippen molar-refractivity contribution in [2.24, 2.45) is 0 Å². The molecule has 0 saturated carbocycles. The van der Waals surface area contributed by atoms with Crippen LogP contribution in [0.3, 0.4) is 0 Å². The maximum atomic E-state index is 13.1. The first-order valence-electron chi connectivity index (χ1n) is 8.65. The predicted octanol–water partition coefficient (Wildman–Crippen LogP) is 3.50. The number of nitrogens with zero attached hydrogens (tertiary/aromatic N) is 1. The lowest BCUT2D eigenvalue weighted by molar-refractivity contribution is 0.0956. The zero-order valence-electron chi connectivity index (χ0n) is 14.9.